The van der Waals surface area contributed by atoms with Crippen molar-refractivity contribution in [2.24, 2.45) is 0 Å². The van der Waals surface area contributed by atoms with Gasteiger partial charge in [0.05, 0.1) is 23.9 Å². The van der Waals surface area contributed by atoms with Gasteiger partial charge in [-0.2, -0.15) is 0 Å². The Morgan fingerprint density at radius 2 is 1.76 bits per heavy atom. The van der Waals surface area contributed by atoms with Crippen LogP contribution in [0.2, 0.25) is 0 Å². The molecule has 2 aromatic rings. The minimum Gasteiger partial charge on any atom is -0.463 e. The zero-order valence-corrected chi connectivity index (χ0v) is 18.9. The summed E-state index contributed by atoms with van der Waals surface area (Å²) in [5, 5.41) is 11.1. The monoisotopic (exact) mass is 494 g/mol. The maximum absolute atomic E-state index is 12.6. The lowest BCUT2D eigenvalue weighted by Crippen LogP contribution is -2.45. The summed E-state index contributed by atoms with van der Waals surface area (Å²) in [6.45, 7) is 3.63. The maximum Gasteiger partial charge on any atom is 0.573 e. The molecule has 180 valence electrons. The summed E-state index contributed by atoms with van der Waals surface area (Å²) in [4.78, 5) is 24.8. The first kappa shape index (κ1) is 24.8. The van der Waals surface area contributed by atoms with Crippen LogP contribution in [0.1, 0.15) is 25.5 Å². The van der Waals surface area contributed by atoms with E-state index in [1.165, 1.54) is 18.2 Å². The zero-order chi connectivity index (χ0) is 24.9. The van der Waals surface area contributed by atoms with Crippen LogP contribution in [0.4, 0.5) is 29.3 Å². The van der Waals surface area contributed by atoms with Gasteiger partial charge < -0.3 is 30.7 Å². The van der Waals surface area contributed by atoms with Crippen molar-refractivity contribution in [2.45, 2.75) is 26.3 Å². The van der Waals surface area contributed by atoms with E-state index in [4.69, 9.17) is 17.0 Å². The average molecular weight is 494 g/mol. The van der Waals surface area contributed by atoms with Crippen molar-refractivity contribution in [1.82, 2.24) is 10.6 Å². The smallest absolute Gasteiger partial charge is 0.463 e. The molecule has 2 aromatic carbocycles. The average Bonchev–Trinajstić information content (AvgIpc) is 2.74. The highest BCUT2D eigenvalue weighted by atomic mass is 32.1. The highest BCUT2D eigenvalue weighted by Gasteiger charge is 2.32. The number of nitrogens with one attached hydrogen (secondary N) is 4. The molecule has 2 amide bonds. The van der Waals surface area contributed by atoms with Crippen LogP contribution >= 0.6 is 12.2 Å². The SMILES string of the molecule is CCOC(=O)C1=C(C)NC(=S)NC1c1ccc(NC(=O)Nc2ccccc2OC(F)(F)F)cc1. The first-order chi connectivity index (χ1) is 16.1. The number of benzene rings is 2. The molecule has 1 atom stereocenters. The number of anilines is 2. The number of rotatable bonds is 6. The van der Waals surface area contributed by atoms with Crippen molar-refractivity contribution in [3.63, 3.8) is 0 Å². The normalized spacial score (nSPS) is 15.7. The number of halogens is 3. The van der Waals surface area contributed by atoms with Crippen LogP contribution in [0.5, 0.6) is 5.75 Å². The lowest BCUT2D eigenvalue weighted by Gasteiger charge is -2.29. The Kier molecular flexibility index (Phi) is 7.61. The number of amides is 2. The van der Waals surface area contributed by atoms with Gasteiger partial charge >= 0.3 is 18.4 Å². The summed E-state index contributed by atoms with van der Waals surface area (Å²) >= 11 is 5.20. The van der Waals surface area contributed by atoms with Gasteiger partial charge in [-0.05, 0) is 55.9 Å². The predicted octanol–water partition coefficient (Wildman–Crippen LogP) is 4.59. The number of carbonyl (C=O) groups is 2. The topological polar surface area (TPSA) is 101 Å². The second kappa shape index (κ2) is 10.4. The largest absolute Gasteiger partial charge is 0.573 e. The molecule has 0 bridgehead atoms. The lowest BCUT2D eigenvalue weighted by molar-refractivity contribution is -0.274. The number of urea groups is 1. The van der Waals surface area contributed by atoms with Crippen LogP contribution in [0.25, 0.3) is 0 Å². The molecule has 1 aliphatic heterocycles. The fourth-order valence-electron chi connectivity index (χ4n) is 3.25. The van der Waals surface area contributed by atoms with E-state index in [2.05, 4.69) is 26.0 Å². The van der Waals surface area contributed by atoms with E-state index in [1.807, 2.05) is 0 Å². The van der Waals surface area contributed by atoms with E-state index in [0.717, 1.165) is 6.07 Å². The zero-order valence-electron chi connectivity index (χ0n) is 18.1. The Morgan fingerprint density at radius 3 is 2.41 bits per heavy atom. The highest BCUT2D eigenvalue weighted by Crippen LogP contribution is 2.31. The number of thiocarbonyl (C=S) groups is 1. The summed E-state index contributed by atoms with van der Waals surface area (Å²) in [7, 11) is 0. The number of hydrogen-bond acceptors (Lipinski definition) is 5. The first-order valence-electron chi connectivity index (χ1n) is 10.1. The molecular formula is C22H21F3N4O4S. The van der Waals surface area contributed by atoms with E-state index in [-0.39, 0.29) is 12.3 Å². The van der Waals surface area contributed by atoms with Crippen LogP contribution in [0.3, 0.4) is 0 Å². The van der Waals surface area contributed by atoms with Crippen molar-refractivity contribution in [3.05, 3.63) is 65.4 Å². The van der Waals surface area contributed by atoms with Crippen molar-refractivity contribution in [3.8, 4) is 5.75 Å². The summed E-state index contributed by atoms with van der Waals surface area (Å²) in [6, 6.07) is 10.4. The van der Waals surface area contributed by atoms with Crippen LogP contribution in [0, 0.1) is 0 Å². The van der Waals surface area contributed by atoms with Crippen molar-refractivity contribution >= 4 is 40.7 Å². The molecule has 4 N–H and O–H groups in total. The lowest BCUT2D eigenvalue weighted by atomic mass is 9.95. The van der Waals surface area contributed by atoms with Crippen LogP contribution in [-0.2, 0) is 9.53 Å². The molecule has 0 saturated heterocycles. The third-order valence-electron chi connectivity index (χ3n) is 4.63. The van der Waals surface area contributed by atoms with E-state index in [0.29, 0.717) is 27.6 Å². The highest BCUT2D eigenvalue weighted by molar-refractivity contribution is 7.80. The molecule has 0 aromatic heterocycles. The molecular weight excluding hydrogens is 473 g/mol. The van der Waals surface area contributed by atoms with Crippen molar-refractivity contribution in [2.75, 3.05) is 17.2 Å². The third kappa shape index (κ3) is 6.38. The van der Waals surface area contributed by atoms with Gasteiger partial charge in [-0.25, -0.2) is 9.59 Å². The summed E-state index contributed by atoms with van der Waals surface area (Å²) in [5.74, 6) is -1.03. The number of para-hydroxylation sites is 2. The molecule has 1 heterocycles. The van der Waals surface area contributed by atoms with Gasteiger partial charge in [0.25, 0.3) is 0 Å². The Morgan fingerprint density at radius 1 is 1.09 bits per heavy atom. The number of ether oxygens (including phenoxy) is 2. The summed E-state index contributed by atoms with van der Waals surface area (Å²) in [5.41, 5.74) is 1.83. The van der Waals surface area contributed by atoms with Crippen molar-refractivity contribution in [1.29, 1.82) is 0 Å². The second-order valence-electron chi connectivity index (χ2n) is 7.04. The van der Waals surface area contributed by atoms with Gasteiger partial charge in [-0.3, -0.25) is 0 Å². The predicted molar refractivity (Wildman–Crippen MR) is 123 cm³/mol. The standard InChI is InChI=1S/C22H21F3N4O4S/c1-3-32-19(30)17-12(2)26-21(34)29-18(17)13-8-10-14(11-9-13)27-20(31)28-15-6-4-5-7-16(15)33-22(23,24)25/h4-11,18H,3H2,1-2H3,(H2,26,29,34)(H2,27,28,31). The molecule has 0 radical (unpaired) electrons. The van der Waals surface area contributed by atoms with E-state index >= 15 is 0 Å². The van der Waals surface area contributed by atoms with Crippen molar-refractivity contribution < 1.29 is 32.2 Å². The fraction of sp³-hybridized carbons (Fsp3) is 0.227. The van der Waals surface area contributed by atoms with Gasteiger partial charge in [0.15, 0.2) is 10.9 Å². The van der Waals surface area contributed by atoms with E-state index in [1.54, 1.807) is 38.1 Å². The minimum absolute atomic E-state index is 0.152. The Bertz CT molecular complexity index is 1120. The van der Waals surface area contributed by atoms with Gasteiger partial charge in [0.1, 0.15) is 0 Å². The molecule has 1 unspecified atom stereocenters. The number of allylic oxidation sites excluding steroid dienone is 1. The van der Waals surface area contributed by atoms with Gasteiger partial charge in [-0.15, -0.1) is 13.2 Å². The molecule has 34 heavy (non-hydrogen) atoms. The van der Waals surface area contributed by atoms with Gasteiger partial charge in [-0.1, -0.05) is 24.3 Å². The van der Waals surface area contributed by atoms with Crippen LogP contribution < -0.4 is 26.0 Å². The molecule has 3 rings (SSSR count). The second-order valence-corrected chi connectivity index (χ2v) is 7.44. The van der Waals surface area contributed by atoms with Gasteiger partial charge in [0.2, 0.25) is 0 Å². The molecule has 1 aliphatic rings. The molecule has 0 aliphatic carbocycles. The Hall–Kier alpha value is -3.80. The van der Waals surface area contributed by atoms with E-state index in [9.17, 15) is 22.8 Å². The number of alkyl halides is 3. The Balaban J connectivity index is 1.73. The molecule has 0 saturated carbocycles. The van der Waals surface area contributed by atoms with E-state index < -0.39 is 30.2 Å². The third-order valence-corrected chi connectivity index (χ3v) is 4.85. The minimum atomic E-state index is -4.90. The fourth-order valence-corrected chi connectivity index (χ4v) is 3.52. The quantitative estimate of drug-likeness (QED) is 0.344. The van der Waals surface area contributed by atoms with Crippen LogP contribution in [0.15, 0.2) is 59.8 Å². The van der Waals surface area contributed by atoms with Gasteiger partial charge in [0, 0.05) is 11.4 Å². The first-order valence-corrected chi connectivity index (χ1v) is 10.5. The molecule has 0 fully saturated rings. The number of hydrogen-bond donors (Lipinski definition) is 4. The molecule has 12 heteroatoms. The summed E-state index contributed by atoms with van der Waals surface area (Å²) in [6.07, 6.45) is -4.90. The number of carbonyl (C=O) groups excluding carboxylic acids is 2. The molecule has 8 nitrogen and oxygen atoms in total. The number of esters is 1. The maximum atomic E-state index is 12.6. The Labute approximate surface area is 198 Å². The molecule has 0 spiro atoms. The van der Waals surface area contributed by atoms with Crippen LogP contribution in [-0.4, -0.2) is 30.1 Å². The summed E-state index contributed by atoms with van der Waals surface area (Å²) < 4.78 is 46.8.